The van der Waals surface area contributed by atoms with Gasteiger partial charge >= 0.3 is 0 Å². The third-order valence-corrected chi connectivity index (χ3v) is 1.11. The van der Waals surface area contributed by atoms with Crippen LogP contribution in [0.1, 0.15) is 13.8 Å². The monoisotopic (exact) mass is 141 g/mol. The molecule has 0 aliphatic carbocycles. The third-order valence-electron chi connectivity index (χ3n) is 0.738. The summed E-state index contributed by atoms with van der Waals surface area (Å²) >= 11 is 4.08. The normalized spacial score (nSPS) is 13.9. The Morgan fingerprint density at radius 1 is 1.44 bits per heavy atom. The molecular weight excluding hydrogens is 130 g/mol. The highest BCUT2D eigenvalue weighted by Crippen LogP contribution is 1.93. The van der Waals surface area contributed by atoms with Crippen LogP contribution in [0.5, 0.6) is 0 Å². The van der Waals surface area contributed by atoms with Crippen LogP contribution in [-0.4, -0.2) is 6.21 Å². The lowest BCUT2D eigenvalue weighted by Gasteiger charge is -1.81. The summed E-state index contributed by atoms with van der Waals surface area (Å²) in [7, 11) is 0. The summed E-state index contributed by atoms with van der Waals surface area (Å²) < 4.78 is 0. The Kier molecular flexibility index (Phi) is 5.32. The number of aliphatic imine (C=N–C) groups is 1. The lowest BCUT2D eigenvalue weighted by Crippen LogP contribution is -1.68. The van der Waals surface area contributed by atoms with Crippen molar-refractivity contribution in [2.24, 2.45) is 4.99 Å². The molecule has 0 bridgehead atoms. The molecule has 0 aromatic heterocycles. The molecule has 0 saturated heterocycles. The van der Waals surface area contributed by atoms with Gasteiger partial charge < -0.3 is 0 Å². The summed E-state index contributed by atoms with van der Waals surface area (Å²) in [5, 5.41) is 0. The van der Waals surface area contributed by atoms with Crippen LogP contribution in [0.25, 0.3) is 0 Å². The predicted octanol–water partition coefficient (Wildman–Crippen LogP) is 2.42. The summed E-state index contributed by atoms with van der Waals surface area (Å²) in [5.74, 6) is 0. The Morgan fingerprint density at radius 2 is 2.11 bits per heavy atom. The van der Waals surface area contributed by atoms with Gasteiger partial charge in [0.05, 0.1) is 0 Å². The molecule has 0 aliphatic rings. The van der Waals surface area contributed by atoms with Gasteiger partial charge in [-0.2, -0.15) is 0 Å². The maximum absolute atomic E-state index is 4.08. The molecule has 0 saturated carbocycles. The van der Waals surface area contributed by atoms with Gasteiger partial charge in [-0.25, -0.2) is 0 Å². The van der Waals surface area contributed by atoms with Gasteiger partial charge in [0.2, 0.25) is 0 Å². The lowest BCUT2D eigenvalue weighted by molar-refractivity contribution is 1.54. The van der Waals surface area contributed by atoms with E-state index in [-0.39, 0.29) is 0 Å². The summed E-state index contributed by atoms with van der Waals surface area (Å²) in [6.45, 7) is 3.84. The van der Waals surface area contributed by atoms with Gasteiger partial charge in [-0.3, -0.25) is 4.99 Å². The maximum Gasteiger partial charge on any atom is 0.0397 e. The first-order valence-corrected chi connectivity index (χ1v) is 3.25. The molecule has 0 amide bonds. The Labute approximate surface area is 61.6 Å². The zero-order valence-electron chi connectivity index (χ0n) is 5.70. The summed E-state index contributed by atoms with van der Waals surface area (Å²) in [6, 6.07) is 0. The molecule has 0 spiro atoms. The van der Waals surface area contributed by atoms with Crippen LogP contribution in [-0.2, 0) is 0 Å². The second-order valence-electron chi connectivity index (χ2n) is 1.47. The van der Waals surface area contributed by atoms with Crippen LogP contribution in [0.4, 0.5) is 0 Å². The highest BCUT2D eigenvalue weighted by Gasteiger charge is 1.74. The second-order valence-corrected chi connectivity index (χ2v) is 1.99. The van der Waals surface area contributed by atoms with E-state index in [0.717, 1.165) is 4.91 Å². The van der Waals surface area contributed by atoms with Crippen LogP contribution in [0.15, 0.2) is 28.2 Å². The van der Waals surface area contributed by atoms with Crippen molar-refractivity contribution in [1.29, 1.82) is 0 Å². The van der Waals surface area contributed by atoms with Crippen LogP contribution in [0.3, 0.4) is 0 Å². The van der Waals surface area contributed by atoms with Crippen molar-refractivity contribution in [2.45, 2.75) is 13.8 Å². The number of allylic oxidation sites excluding steroid dienone is 3. The first-order chi connectivity index (χ1) is 4.31. The molecule has 0 aliphatic heterocycles. The first kappa shape index (κ1) is 8.50. The fourth-order valence-electron chi connectivity index (χ4n) is 0.280. The largest absolute Gasteiger partial charge is 0.264 e. The predicted molar refractivity (Wildman–Crippen MR) is 46.0 cm³/mol. The SMILES string of the molecule is C\C=C/N=C\C(S)=C/C. The molecule has 1 nitrogen and oxygen atoms in total. The minimum atomic E-state index is 0.883. The van der Waals surface area contributed by atoms with Crippen LogP contribution in [0, 0.1) is 0 Å². The van der Waals surface area contributed by atoms with E-state index in [9.17, 15) is 0 Å². The molecule has 0 fully saturated rings. The molecule has 0 aromatic carbocycles. The zero-order chi connectivity index (χ0) is 7.11. The number of rotatable bonds is 2. The third kappa shape index (κ3) is 5.37. The van der Waals surface area contributed by atoms with Gasteiger partial charge in [0.1, 0.15) is 0 Å². The van der Waals surface area contributed by atoms with E-state index in [1.165, 1.54) is 0 Å². The average molecular weight is 141 g/mol. The molecule has 0 heterocycles. The van der Waals surface area contributed by atoms with Crippen molar-refractivity contribution in [1.82, 2.24) is 0 Å². The van der Waals surface area contributed by atoms with Gasteiger partial charge in [0.25, 0.3) is 0 Å². The van der Waals surface area contributed by atoms with Gasteiger partial charge in [0, 0.05) is 17.3 Å². The Balaban J connectivity index is 3.71. The highest BCUT2D eigenvalue weighted by atomic mass is 32.1. The standard InChI is InChI=1S/C7H11NS/c1-3-5-8-6-7(9)4-2/h3-6,9H,1-2H3/b5-3-,7-4+,8-6-. The smallest absolute Gasteiger partial charge is 0.0397 e. The molecular formula is C7H11NS. The minimum absolute atomic E-state index is 0.883. The van der Waals surface area contributed by atoms with Gasteiger partial charge in [-0.05, 0) is 13.8 Å². The molecule has 0 aromatic rings. The molecule has 50 valence electrons. The van der Waals surface area contributed by atoms with Crippen molar-refractivity contribution in [3.8, 4) is 0 Å². The van der Waals surface area contributed by atoms with Crippen LogP contribution < -0.4 is 0 Å². The topological polar surface area (TPSA) is 12.4 Å². The van der Waals surface area contributed by atoms with E-state index in [0.29, 0.717) is 0 Å². The fourth-order valence-corrected chi connectivity index (χ4v) is 0.347. The van der Waals surface area contributed by atoms with Gasteiger partial charge in [0.15, 0.2) is 0 Å². The molecule has 0 unspecified atom stereocenters. The highest BCUT2D eigenvalue weighted by molar-refractivity contribution is 7.85. The minimum Gasteiger partial charge on any atom is -0.264 e. The zero-order valence-corrected chi connectivity index (χ0v) is 6.60. The van der Waals surface area contributed by atoms with E-state index in [1.54, 1.807) is 12.4 Å². The molecule has 0 atom stereocenters. The molecule has 0 rings (SSSR count). The van der Waals surface area contributed by atoms with Crippen molar-refractivity contribution in [3.05, 3.63) is 23.3 Å². The first-order valence-electron chi connectivity index (χ1n) is 2.81. The Hall–Kier alpha value is -0.500. The molecule has 0 N–H and O–H groups in total. The van der Waals surface area contributed by atoms with Crippen LogP contribution >= 0.6 is 12.6 Å². The maximum atomic E-state index is 4.08. The van der Waals surface area contributed by atoms with Gasteiger partial charge in [-0.1, -0.05) is 12.2 Å². The quantitative estimate of drug-likeness (QED) is 0.448. The summed E-state index contributed by atoms with van der Waals surface area (Å²) in [5.41, 5.74) is 0. The number of thiol groups is 1. The van der Waals surface area contributed by atoms with Crippen molar-refractivity contribution in [2.75, 3.05) is 0 Å². The number of hydrogen-bond donors (Lipinski definition) is 1. The summed E-state index contributed by atoms with van der Waals surface area (Å²) in [6.07, 6.45) is 7.17. The Bertz CT molecular complexity index is 145. The Morgan fingerprint density at radius 3 is 2.56 bits per heavy atom. The van der Waals surface area contributed by atoms with E-state index in [4.69, 9.17) is 0 Å². The number of hydrogen-bond acceptors (Lipinski definition) is 2. The van der Waals surface area contributed by atoms with Gasteiger partial charge in [-0.15, -0.1) is 12.6 Å². The molecule has 2 heteroatoms. The van der Waals surface area contributed by atoms with E-state index >= 15 is 0 Å². The molecule has 9 heavy (non-hydrogen) atoms. The summed E-state index contributed by atoms with van der Waals surface area (Å²) in [4.78, 5) is 4.79. The number of nitrogens with zero attached hydrogens (tertiary/aromatic N) is 1. The second kappa shape index (κ2) is 5.63. The van der Waals surface area contributed by atoms with Crippen molar-refractivity contribution in [3.63, 3.8) is 0 Å². The van der Waals surface area contributed by atoms with Crippen molar-refractivity contribution < 1.29 is 0 Å². The lowest BCUT2D eigenvalue weighted by atomic mass is 10.5. The van der Waals surface area contributed by atoms with E-state index in [2.05, 4.69) is 17.6 Å². The fraction of sp³-hybridized carbons (Fsp3) is 0.286. The molecule has 0 radical (unpaired) electrons. The van der Waals surface area contributed by atoms with Crippen LogP contribution in [0.2, 0.25) is 0 Å². The van der Waals surface area contributed by atoms with E-state index < -0.39 is 0 Å². The average Bonchev–Trinajstić information content (AvgIpc) is 1.89. The van der Waals surface area contributed by atoms with E-state index in [1.807, 2.05) is 26.0 Å². The van der Waals surface area contributed by atoms with Crippen molar-refractivity contribution >= 4 is 18.8 Å².